The van der Waals surface area contributed by atoms with Crippen molar-refractivity contribution in [1.29, 1.82) is 0 Å². The van der Waals surface area contributed by atoms with Crippen molar-refractivity contribution in [1.82, 2.24) is 0 Å². The van der Waals surface area contributed by atoms with E-state index in [1.807, 2.05) is 4.90 Å². The summed E-state index contributed by atoms with van der Waals surface area (Å²) in [6.07, 6.45) is 2.23. The Morgan fingerprint density at radius 2 is 2.21 bits per heavy atom. The number of carboxylic acid groups (broad SMARTS) is 1. The molecule has 0 aliphatic carbocycles. The number of nitro benzene ring substituents is 1. The van der Waals surface area contributed by atoms with Gasteiger partial charge in [0.05, 0.1) is 10.5 Å². The van der Waals surface area contributed by atoms with E-state index in [0.717, 1.165) is 32.0 Å². The van der Waals surface area contributed by atoms with E-state index < -0.39 is 10.9 Å². The number of nitrogens with zero attached hydrogens (tertiary/aromatic N) is 2. The average Bonchev–Trinajstić information content (AvgIpc) is 2.32. The van der Waals surface area contributed by atoms with Crippen LogP contribution in [0.4, 0.5) is 11.4 Å². The molecule has 0 atom stereocenters. The van der Waals surface area contributed by atoms with Crippen molar-refractivity contribution in [2.24, 2.45) is 5.92 Å². The summed E-state index contributed by atoms with van der Waals surface area (Å²) in [5.74, 6) is -0.564. The smallest absolute Gasteiger partial charge is 0.335 e. The van der Waals surface area contributed by atoms with Gasteiger partial charge in [0, 0.05) is 19.2 Å². The number of hydrogen-bond acceptors (Lipinski definition) is 4. The molecule has 1 heterocycles. The van der Waals surface area contributed by atoms with Crippen LogP contribution in [0.15, 0.2) is 18.2 Å². The second-order valence-electron chi connectivity index (χ2n) is 4.83. The van der Waals surface area contributed by atoms with Crippen molar-refractivity contribution in [2.45, 2.75) is 19.8 Å². The monoisotopic (exact) mass is 264 g/mol. The molecule has 0 unspecified atom stereocenters. The molecule has 0 spiro atoms. The Morgan fingerprint density at radius 3 is 2.74 bits per heavy atom. The van der Waals surface area contributed by atoms with Crippen molar-refractivity contribution in [3.63, 3.8) is 0 Å². The van der Waals surface area contributed by atoms with E-state index in [-0.39, 0.29) is 11.3 Å². The van der Waals surface area contributed by atoms with Gasteiger partial charge in [-0.05, 0) is 24.5 Å². The number of benzene rings is 1. The molecule has 6 heteroatoms. The number of hydrogen-bond donors (Lipinski definition) is 1. The highest BCUT2D eigenvalue weighted by atomic mass is 16.6. The highest BCUT2D eigenvalue weighted by Crippen LogP contribution is 2.35. The van der Waals surface area contributed by atoms with Crippen molar-refractivity contribution in [3.05, 3.63) is 33.9 Å². The van der Waals surface area contributed by atoms with E-state index >= 15 is 0 Å². The number of rotatable bonds is 5. The zero-order chi connectivity index (χ0) is 14.0. The van der Waals surface area contributed by atoms with Gasteiger partial charge in [-0.2, -0.15) is 0 Å². The minimum Gasteiger partial charge on any atom is -0.478 e. The van der Waals surface area contributed by atoms with Gasteiger partial charge in [-0.25, -0.2) is 4.79 Å². The molecule has 2 rings (SSSR count). The SMILES string of the molecule is CCCC1CN(c2ccc(C(=O)O)cc2[N+](=O)[O-])C1. The maximum absolute atomic E-state index is 11.0. The predicted octanol–water partition coefficient (Wildman–Crippen LogP) is 2.53. The first-order chi connectivity index (χ1) is 9.02. The van der Waals surface area contributed by atoms with Gasteiger partial charge in [0.1, 0.15) is 5.69 Å². The number of nitro groups is 1. The average molecular weight is 264 g/mol. The van der Waals surface area contributed by atoms with Crippen LogP contribution in [0.1, 0.15) is 30.1 Å². The van der Waals surface area contributed by atoms with Crippen LogP contribution in [-0.4, -0.2) is 29.1 Å². The Labute approximate surface area is 110 Å². The van der Waals surface area contributed by atoms with Crippen molar-refractivity contribution in [2.75, 3.05) is 18.0 Å². The summed E-state index contributed by atoms with van der Waals surface area (Å²) in [4.78, 5) is 23.3. The van der Waals surface area contributed by atoms with Crippen LogP contribution in [0.5, 0.6) is 0 Å². The second kappa shape index (κ2) is 5.26. The van der Waals surface area contributed by atoms with Crippen LogP contribution in [0.25, 0.3) is 0 Å². The Kier molecular flexibility index (Phi) is 3.69. The molecule has 1 aliphatic rings. The molecule has 1 saturated heterocycles. The highest BCUT2D eigenvalue weighted by Gasteiger charge is 2.31. The topological polar surface area (TPSA) is 83.7 Å². The Bertz CT molecular complexity index is 509. The third-order valence-corrected chi connectivity index (χ3v) is 3.41. The van der Waals surface area contributed by atoms with Crippen LogP contribution >= 0.6 is 0 Å². The Balaban J connectivity index is 2.22. The second-order valence-corrected chi connectivity index (χ2v) is 4.83. The van der Waals surface area contributed by atoms with Crippen LogP contribution in [0.3, 0.4) is 0 Å². The third kappa shape index (κ3) is 2.67. The van der Waals surface area contributed by atoms with Gasteiger partial charge in [-0.3, -0.25) is 10.1 Å². The van der Waals surface area contributed by atoms with E-state index in [1.165, 1.54) is 12.1 Å². The lowest BCUT2D eigenvalue weighted by Gasteiger charge is -2.40. The first-order valence-electron chi connectivity index (χ1n) is 6.29. The van der Waals surface area contributed by atoms with E-state index in [1.54, 1.807) is 0 Å². The molecule has 102 valence electrons. The van der Waals surface area contributed by atoms with Crippen LogP contribution in [0, 0.1) is 16.0 Å². The van der Waals surface area contributed by atoms with E-state index in [0.29, 0.717) is 11.6 Å². The molecule has 1 N–H and O–H groups in total. The highest BCUT2D eigenvalue weighted by molar-refractivity contribution is 5.90. The number of carbonyl (C=O) groups is 1. The normalized spacial score (nSPS) is 15.1. The Morgan fingerprint density at radius 1 is 1.53 bits per heavy atom. The molecule has 0 radical (unpaired) electrons. The zero-order valence-electron chi connectivity index (χ0n) is 10.7. The summed E-state index contributed by atoms with van der Waals surface area (Å²) in [5, 5.41) is 19.9. The minimum absolute atomic E-state index is 0.0546. The summed E-state index contributed by atoms with van der Waals surface area (Å²) < 4.78 is 0. The van der Waals surface area contributed by atoms with Gasteiger partial charge in [-0.15, -0.1) is 0 Å². The predicted molar refractivity (Wildman–Crippen MR) is 70.7 cm³/mol. The fourth-order valence-electron chi connectivity index (χ4n) is 2.43. The van der Waals surface area contributed by atoms with Crippen LogP contribution in [-0.2, 0) is 0 Å². The first-order valence-corrected chi connectivity index (χ1v) is 6.29. The van der Waals surface area contributed by atoms with Crippen LogP contribution < -0.4 is 4.90 Å². The summed E-state index contributed by atoms with van der Waals surface area (Å²) in [5.41, 5.74) is 0.332. The molecule has 6 nitrogen and oxygen atoms in total. The number of anilines is 1. The molecule has 1 aromatic rings. The molecule has 1 aliphatic heterocycles. The van der Waals surface area contributed by atoms with Gasteiger partial charge >= 0.3 is 5.97 Å². The van der Waals surface area contributed by atoms with Crippen molar-refractivity contribution >= 4 is 17.3 Å². The molecular weight excluding hydrogens is 248 g/mol. The lowest BCUT2D eigenvalue weighted by atomic mass is 9.94. The molecule has 1 aromatic carbocycles. The summed E-state index contributed by atoms with van der Waals surface area (Å²) >= 11 is 0. The van der Waals surface area contributed by atoms with Gasteiger partial charge in [0.2, 0.25) is 0 Å². The van der Waals surface area contributed by atoms with Gasteiger partial charge < -0.3 is 10.0 Å². The molecule has 0 aromatic heterocycles. The maximum atomic E-state index is 11.0. The molecule has 0 bridgehead atoms. The summed E-state index contributed by atoms with van der Waals surface area (Å²) in [6.45, 7) is 3.73. The fourth-order valence-corrected chi connectivity index (χ4v) is 2.43. The van der Waals surface area contributed by atoms with E-state index in [2.05, 4.69) is 6.92 Å². The fraction of sp³-hybridized carbons (Fsp3) is 0.462. The molecule has 19 heavy (non-hydrogen) atoms. The molecule has 0 amide bonds. The standard InChI is InChI=1S/C13H16N2O4/c1-2-3-9-7-14(8-9)11-5-4-10(13(16)17)6-12(11)15(18)19/h4-6,9H,2-3,7-8H2,1H3,(H,16,17). The zero-order valence-corrected chi connectivity index (χ0v) is 10.7. The number of aromatic carboxylic acids is 1. The van der Waals surface area contributed by atoms with Crippen LogP contribution in [0.2, 0.25) is 0 Å². The lowest BCUT2D eigenvalue weighted by molar-refractivity contribution is -0.384. The quantitative estimate of drug-likeness (QED) is 0.652. The minimum atomic E-state index is -1.15. The summed E-state index contributed by atoms with van der Waals surface area (Å²) in [7, 11) is 0. The van der Waals surface area contributed by atoms with Gasteiger partial charge in [-0.1, -0.05) is 13.3 Å². The maximum Gasteiger partial charge on any atom is 0.335 e. The molecule has 1 fully saturated rings. The third-order valence-electron chi connectivity index (χ3n) is 3.41. The largest absolute Gasteiger partial charge is 0.478 e. The number of carboxylic acids is 1. The van der Waals surface area contributed by atoms with E-state index in [4.69, 9.17) is 5.11 Å². The first kappa shape index (κ1) is 13.3. The van der Waals surface area contributed by atoms with Gasteiger partial charge in [0.25, 0.3) is 5.69 Å². The summed E-state index contributed by atoms with van der Waals surface area (Å²) in [6, 6.07) is 4.08. The molecule has 0 saturated carbocycles. The lowest BCUT2D eigenvalue weighted by Crippen LogP contribution is -2.46. The van der Waals surface area contributed by atoms with Crippen molar-refractivity contribution in [3.8, 4) is 0 Å². The van der Waals surface area contributed by atoms with E-state index in [9.17, 15) is 14.9 Å². The van der Waals surface area contributed by atoms with Gasteiger partial charge in [0.15, 0.2) is 0 Å². The Hall–Kier alpha value is -2.11. The molecular formula is C13H16N2O4. The van der Waals surface area contributed by atoms with Crippen molar-refractivity contribution < 1.29 is 14.8 Å².